The van der Waals surface area contributed by atoms with Crippen LogP contribution in [0.15, 0.2) is 36.7 Å². The third-order valence-corrected chi connectivity index (χ3v) is 5.39. The number of anilines is 1. The molecular formula is C20H23FN4O2. The van der Waals surface area contributed by atoms with Crippen molar-refractivity contribution in [2.45, 2.75) is 31.2 Å². The van der Waals surface area contributed by atoms with Crippen molar-refractivity contribution in [2.24, 2.45) is 0 Å². The topological polar surface area (TPSA) is 67.4 Å². The molecule has 2 heterocycles. The highest BCUT2D eigenvalue weighted by atomic mass is 19.1. The van der Waals surface area contributed by atoms with Gasteiger partial charge in [-0.2, -0.15) is 0 Å². The van der Waals surface area contributed by atoms with Gasteiger partial charge in [0.2, 0.25) is 5.95 Å². The minimum atomic E-state index is -0.661. The number of nitrogens with zero attached hydrogens (tertiary/aromatic N) is 3. The number of amides is 1. The van der Waals surface area contributed by atoms with Crippen LogP contribution >= 0.6 is 0 Å². The first-order valence-corrected chi connectivity index (χ1v) is 9.40. The smallest absolute Gasteiger partial charge is 0.255 e. The number of rotatable bonds is 4. The monoisotopic (exact) mass is 370 g/mol. The van der Waals surface area contributed by atoms with Crippen molar-refractivity contribution in [1.82, 2.24) is 15.3 Å². The van der Waals surface area contributed by atoms with E-state index in [4.69, 9.17) is 4.74 Å². The van der Waals surface area contributed by atoms with Crippen LogP contribution in [0.5, 0.6) is 0 Å². The molecule has 1 saturated carbocycles. The van der Waals surface area contributed by atoms with Crippen LogP contribution in [-0.4, -0.2) is 42.2 Å². The average Bonchev–Trinajstić information content (AvgIpc) is 3.18. The zero-order chi connectivity index (χ0) is 18.7. The highest BCUT2D eigenvalue weighted by molar-refractivity contribution is 5.94. The number of ether oxygens (including phenoxy) is 1. The normalized spacial score (nSPS) is 19.1. The lowest BCUT2D eigenvalue weighted by atomic mass is 9.87. The number of carbonyl (C=O) groups excluding carboxylic acids is 1. The van der Waals surface area contributed by atoms with Crippen LogP contribution in [0.4, 0.5) is 10.3 Å². The van der Waals surface area contributed by atoms with Crippen LogP contribution in [-0.2, 0) is 10.3 Å². The molecule has 27 heavy (non-hydrogen) atoms. The van der Waals surface area contributed by atoms with Gasteiger partial charge < -0.3 is 15.0 Å². The summed E-state index contributed by atoms with van der Waals surface area (Å²) in [7, 11) is 0. The molecule has 2 aromatic rings. The fourth-order valence-electron chi connectivity index (χ4n) is 3.94. The minimum absolute atomic E-state index is 0.270. The SMILES string of the molecule is O=C(NC1(c2ccccc2F)CCCC1)c1cnc(N2CCOCC2)nc1. The van der Waals surface area contributed by atoms with Crippen molar-refractivity contribution in [3.05, 3.63) is 53.6 Å². The molecule has 1 aliphatic heterocycles. The van der Waals surface area contributed by atoms with E-state index < -0.39 is 5.54 Å². The molecule has 2 fully saturated rings. The Kier molecular flexibility index (Phi) is 5.03. The summed E-state index contributed by atoms with van der Waals surface area (Å²) < 4.78 is 19.7. The molecule has 0 atom stereocenters. The van der Waals surface area contributed by atoms with Gasteiger partial charge >= 0.3 is 0 Å². The minimum Gasteiger partial charge on any atom is -0.378 e. The number of hydrogen-bond acceptors (Lipinski definition) is 5. The molecule has 1 saturated heterocycles. The molecule has 0 radical (unpaired) electrons. The largest absolute Gasteiger partial charge is 0.378 e. The van der Waals surface area contributed by atoms with Gasteiger partial charge in [0, 0.05) is 31.0 Å². The predicted octanol–water partition coefficient (Wildman–Crippen LogP) is 2.65. The van der Waals surface area contributed by atoms with Gasteiger partial charge in [0.1, 0.15) is 5.82 Å². The van der Waals surface area contributed by atoms with Gasteiger partial charge in [-0.3, -0.25) is 4.79 Å². The summed E-state index contributed by atoms with van der Waals surface area (Å²) in [6.07, 6.45) is 6.45. The second-order valence-corrected chi connectivity index (χ2v) is 7.09. The van der Waals surface area contributed by atoms with Gasteiger partial charge in [-0.1, -0.05) is 31.0 Å². The second-order valence-electron chi connectivity index (χ2n) is 7.09. The van der Waals surface area contributed by atoms with Crippen molar-refractivity contribution in [3.63, 3.8) is 0 Å². The fraction of sp³-hybridized carbons (Fsp3) is 0.450. The summed E-state index contributed by atoms with van der Waals surface area (Å²) in [5.74, 6) is 0.0480. The molecule has 7 heteroatoms. The van der Waals surface area contributed by atoms with Crippen molar-refractivity contribution in [2.75, 3.05) is 31.2 Å². The van der Waals surface area contributed by atoms with Gasteiger partial charge in [-0.15, -0.1) is 0 Å². The number of morpholine rings is 1. The van der Waals surface area contributed by atoms with Crippen molar-refractivity contribution < 1.29 is 13.9 Å². The van der Waals surface area contributed by atoms with Crippen LogP contribution in [0.2, 0.25) is 0 Å². The molecule has 1 aromatic heterocycles. The molecule has 142 valence electrons. The Labute approximate surface area is 157 Å². The van der Waals surface area contributed by atoms with Crippen molar-refractivity contribution in [3.8, 4) is 0 Å². The Hall–Kier alpha value is -2.54. The second kappa shape index (κ2) is 7.60. The summed E-state index contributed by atoms with van der Waals surface area (Å²) in [5, 5.41) is 3.07. The molecule has 0 spiro atoms. The van der Waals surface area contributed by atoms with Crippen LogP contribution in [0.3, 0.4) is 0 Å². The molecule has 6 nitrogen and oxygen atoms in total. The Morgan fingerprint density at radius 2 is 1.78 bits per heavy atom. The van der Waals surface area contributed by atoms with E-state index in [2.05, 4.69) is 15.3 Å². The van der Waals surface area contributed by atoms with E-state index in [0.717, 1.165) is 38.8 Å². The van der Waals surface area contributed by atoms with Crippen LogP contribution in [0.25, 0.3) is 0 Å². The molecule has 1 aliphatic carbocycles. The molecular weight excluding hydrogens is 347 g/mol. The average molecular weight is 370 g/mol. The van der Waals surface area contributed by atoms with E-state index in [1.165, 1.54) is 18.5 Å². The van der Waals surface area contributed by atoms with E-state index >= 15 is 0 Å². The zero-order valence-electron chi connectivity index (χ0n) is 15.2. The third-order valence-electron chi connectivity index (χ3n) is 5.39. The highest BCUT2D eigenvalue weighted by Crippen LogP contribution is 2.40. The maximum absolute atomic E-state index is 14.4. The Balaban J connectivity index is 1.52. The van der Waals surface area contributed by atoms with Gasteiger partial charge in [0.05, 0.1) is 24.3 Å². The number of carbonyl (C=O) groups is 1. The number of halogens is 1. The number of hydrogen-bond donors (Lipinski definition) is 1. The van der Waals surface area contributed by atoms with Crippen LogP contribution in [0.1, 0.15) is 41.6 Å². The molecule has 1 N–H and O–H groups in total. The predicted molar refractivity (Wildman–Crippen MR) is 99.1 cm³/mol. The zero-order valence-corrected chi connectivity index (χ0v) is 15.2. The summed E-state index contributed by atoms with van der Waals surface area (Å²) in [6, 6.07) is 6.69. The quantitative estimate of drug-likeness (QED) is 0.896. The summed E-state index contributed by atoms with van der Waals surface area (Å²) in [5.41, 5.74) is 0.280. The molecule has 1 amide bonds. The highest BCUT2D eigenvalue weighted by Gasteiger charge is 2.39. The Morgan fingerprint density at radius 3 is 2.44 bits per heavy atom. The van der Waals surface area contributed by atoms with Gasteiger partial charge in [-0.25, -0.2) is 14.4 Å². The van der Waals surface area contributed by atoms with E-state index in [-0.39, 0.29) is 11.7 Å². The third kappa shape index (κ3) is 3.64. The lowest BCUT2D eigenvalue weighted by molar-refractivity contribution is 0.0895. The first kappa shape index (κ1) is 17.9. The molecule has 1 aromatic carbocycles. The van der Waals surface area contributed by atoms with Gasteiger partial charge in [0.15, 0.2) is 0 Å². The molecule has 0 bridgehead atoms. The van der Waals surface area contributed by atoms with Crippen LogP contribution in [0, 0.1) is 5.82 Å². The van der Waals surface area contributed by atoms with E-state index in [0.29, 0.717) is 30.3 Å². The van der Waals surface area contributed by atoms with Crippen molar-refractivity contribution >= 4 is 11.9 Å². The van der Waals surface area contributed by atoms with E-state index in [1.807, 2.05) is 11.0 Å². The molecule has 2 aliphatic rings. The van der Waals surface area contributed by atoms with Gasteiger partial charge in [0.25, 0.3) is 5.91 Å². The van der Waals surface area contributed by atoms with E-state index in [1.54, 1.807) is 12.1 Å². The first-order valence-electron chi connectivity index (χ1n) is 9.40. The number of benzene rings is 1. The number of aromatic nitrogens is 2. The lowest BCUT2D eigenvalue weighted by Crippen LogP contribution is -2.44. The maximum Gasteiger partial charge on any atom is 0.255 e. The summed E-state index contributed by atoms with van der Waals surface area (Å²) in [6.45, 7) is 2.78. The first-order chi connectivity index (χ1) is 13.2. The van der Waals surface area contributed by atoms with Crippen LogP contribution < -0.4 is 10.2 Å². The van der Waals surface area contributed by atoms with E-state index in [9.17, 15) is 9.18 Å². The summed E-state index contributed by atoms with van der Waals surface area (Å²) in [4.78, 5) is 23.5. The summed E-state index contributed by atoms with van der Waals surface area (Å²) >= 11 is 0. The standard InChI is InChI=1S/C20H23FN4O2/c21-17-6-2-1-5-16(17)20(7-3-4-8-20)24-18(26)15-13-22-19(23-14-15)25-9-11-27-12-10-25/h1-2,5-6,13-14H,3-4,7-12H2,(H,24,26). The Bertz CT molecular complexity index is 800. The lowest BCUT2D eigenvalue weighted by Gasteiger charge is -2.31. The molecule has 0 unspecified atom stereocenters. The maximum atomic E-state index is 14.4. The molecule has 4 rings (SSSR count). The number of nitrogens with one attached hydrogen (secondary N) is 1. The Morgan fingerprint density at radius 1 is 1.11 bits per heavy atom. The van der Waals surface area contributed by atoms with Crippen molar-refractivity contribution in [1.29, 1.82) is 0 Å². The van der Waals surface area contributed by atoms with Gasteiger partial charge in [-0.05, 0) is 18.9 Å². The fourth-order valence-corrected chi connectivity index (χ4v) is 3.94.